The van der Waals surface area contributed by atoms with Gasteiger partial charge in [-0.3, -0.25) is 4.79 Å². The lowest BCUT2D eigenvalue weighted by molar-refractivity contribution is -0.659. The highest BCUT2D eigenvalue weighted by Crippen LogP contribution is 2.20. The summed E-state index contributed by atoms with van der Waals surface area (Å²) in [6.45, 7) is 5.18. The number of rotatable bonds is 6. The third-order valence-electron chi connectivity index (χ3n) is 3.66. The number of para-hydroxylation sites is 1. The van der Waals surface area contributed by atoms with Gasteiger partial charge in [-0.2, -0.15) is 0 Å². The Morgan fingerprint density at radius 2 is 1.86 bits per heavy atom. The van der Waals surface area contributed by atoms with Crippen LogP contribution in [0, 0.1) is 6.92 Å². The molecule has 0 atom stereocenters. The van der Waals surface area contributed by atoms with Gasteiger partial charge in [0.05, 0.1) is 0 Å². The predicted molar refractivity (Wildman–Crippen MR) is 91.1 cm³/mol. The van der Waals surface area contributed by atoms with E-state index in [1.54, 1.807) is 0 Å². The molecular weight excluding hydrogens is 296 g/mol. The lowest BCUT2D eigenvalue weighted by atomic mass is 10.1. The number of anilines is 1. The molecular formula is C18H22ClN2O+. The Hall–Kier alpha value is -1.84. The van der Waals surface area contributed by atoms with Gasteiger partial charge in [0.15, 0.2) is 6.54 Å². The highest BCUT2D eigenvalue weighted by Gasteiger charge is 2.10. The highest BCUT2D eigenvalue weighted by atomic mass is 35.5. The summed E-state index contributed by atoms with van der Waals surface area (Å²) >= 11 is 6.11. The van der Waals surface area contributed by atoms with Crippen LogP contribution in [0.1, 0.15) is 23.6 Å². The first-order valence-electron chi connectivity index (χ1n) is 7.55. The van der Waals surface area contributed by atoms with E-state index in [1.807, 2.05) is 48.6 Å². The fraction of sp³-hybridized carbons (Fsp3) is 0.278. The smallest absolute Gasteiger partial charge is 0.279 e. The first-order valence-corrected chi connectivity index (χ1v) is 7.93. The Morgan fingerprint density at radius 1 is 1.14 bits per heavy atom. The van der Waals surface area contributed by atoms with E-state index in [0.29, 0.717) is 13.1 Å². The number of quaternary nitrogens is 1. The van der Waals surface area contributed by atoms with E-state index in [4.69, 9.17) is 11.6 Å². The van der Waals surface area contributed by atoms with Crippen LogP contribution in [0.5, 0.6) is 0 Å². The molecule has 1 amide bonds. The molecule has 0 heterocycles. The number of carbonyl (C=O) groups is 1. The Bertz CT molecular complexity index is 655. The fourth-order valence-corrected chi connectivity index (χ4v) is 2.63. The number of nitrogens with two attached hydrogens (primary N) is 1. The summed E-state index contributed by atoms with van der Waals surface area (Å²) in [5, 5.41) is 5.73. The minimum Gasteiger partial charge on any atom is -0.335 e. The van der Waals surface area contributed by atoms with Crippen LogP contribution in [0.3, 0.4) is 0 Å². The molecule has 0 fully saturated rings. The summed E-state index contributed by atoms with van der Waals surface area (Å²) in [7, 11) is 0. The zero-order chi connectivity index (χ0) is 15.9. The molecule has 2 rings (SSSR count). The molecule has 0 spiro atoms. The number of benzene rings is 2. The number of aryl methyl sites for hydroxylation is 2. The molecule has 0 radical (unpaired) electrons. The van der Waals surface area contributed by atoms with Crippen molar-refractivity contribution in [2.75, 3.05) is 11.9 Å². The van der Waals surface area contributed by atoms with E-state index >= 15 is 0 Å². The summed E-state index contributed by atoms with van der Waals surface area (Å²) < 4.78 is 0. The second kappa shape index (κ2) is 7.97. The predicted octanol–water partition coefficient (Wildman–Crippen LogP) is 2.91. The monoisotopic (exact) mass is 317 g/mol. The van der Waals surface area contributed by atoms with Crippen molar-refractivity contribution in [3.05, 3.63) is 64.2 Å². The van der Waals surface area contributed by atoms with Crippen molar-refractivity contribution in [3.8, 4) is 0 Å². The molecule has 0 aliphatic heterocycles. The van der Waals surface area contributed by atoms with Crippen LogP contribution in [0.4, 0.5) is 5.69 Å². The van der Waals surface area contributed by atoms with Crippen LogP contribution in [0.15, 0.2) is 42.5 Å². The number of nitrogens with one attached hydrogen (secondary N) is 1. The molecule has 3 N–H and O–H groups in total. The molecule has 0 unspecified atom stereocenters. The number of carbonyl (C=O) groups excluding carboxylic acids is 1. The maximum atomic E-state index is 12.1. The van der Waals surface area contributed by atoms with E-state index in [1.165, 1.54) is 5.56 Å². The maximum absolute atomic E-state index is 12.1. The minimum absolute atomic E-state index is 0.0102. The minimum atomic E-state index is 0.0102. The van der Waals surface area contributed by atoms with Crippen molar-refractivity contribution in [2.24, 2.45) is 0 Å². The lowest BCUT2D eigenvalue weighted by Crippen LogP contribution is -2.84. The van der Waals surface area contributed by atoms with Crippen LogP contribution in [-0.4, -0.2) is 12.5 Å². The van der Waals surface area contributed by atoms with Gasteiger partial charge in [-0.25, -0.2) is 0 Å². The summed E-state index contributed by atoms with van der Waals surface area (Å²) in [5.74, 6) is 0.0102. The molecule has 0 aromatic heterocycles. The third-order valence-corrected chi connectivity index (χ3v) is 4.02. The van der Waals surface area contributed by atoms with Crippen molar-refractivity contribution >= 4 is 23.2 Å². The van der Waals surface area contributed by atoms with Crippen LogP contribution in [-0.2, 0) is 17.8 Å². The molecule has 3 nitrogen and oxygen atoms in total. The Balaban J connectivity index is 1.90. The average Bonchev–Trinajstić information content (AvgIpc) is 2.51. The van der Waals surface area contributed by atoms with Crippen molar-refractivity contribution in [1.82, 2.24) is 0 Å². The van der Waals surface area contributed by atoms with E-state index < -0.39 is 0 Å². The van der Waals surface area contributed by atoms with E-state index in [9.17, 15) is 4.79 Å². The summed E-state index contributed by atoms with van der Waals surface area (Å²) in [4.78, 5) is 12.1. The SMILES string of the molecule is CCc1cccc(C)c1NC(=O)C[NH2+]Cc1ccccc1Cl. The number of amides is 1. The molecule has 22 heavy (non-hydrogen) atoms. The van der Waals surface area contributed by atoms with Crippen LogP contribution in [0.25, 0.3) is 0 Å². The quantitative estimate of drug-likeness (QED) is 0.845. The van der Waals surface area contributed by atoms with E-state index in [0.717, 1.165) is 28.3 Å². The zero-order valence-electron chi connectivity index (χ0n) is 13.0. The van der Waals surface area contributed by atoms with Crippen LogP contribution < -0.4 is 10.6 Å². The van der Waals surface area contributed by atoms with Gasteiger partial charge < -0.3 is 10.6 Å². The van der Waals surface area contributed by atoms with Gasteiger partial charge >= 0.3 is 0 Å². The first kappa shape index (κ1) is 16.5. The number of hydrogen-bond acceptors (Lipinski definition) is 1. The van der Waals surface area contributed by atoms with E-state index in [2.05, 4.69) is 18.3 Å². The van der Waals surface area contributed by atoms with Crippen molar-refractivity contribution < 1.29 is 10.1 Å². The molecule has 0 aliphatic rings. The van der Waals surface area contributed by atoms with Crippen LogP contribution >= 0.6 is 11.6 Å². The van der Waals surface area contributed by atoms with Crippen LogP contribution in [0.2, 0.25) is 5.02 Å². The zero-order valence-corrected chi connectivity index (χ0v) is 13.8. The molecule has 4 heteroatoms. The molecule has 0 aliphatic carbocycles. The third kappa shape index (κ3) is 4.33. The van der Waals surface area contributed by atoms with Gasteiger partial charge in [-0.1, -0.05) is 54.9 Å². The van der Waals surface area contributed by atoms with Gasteiger partial charge in [0.25, 0.3) is 5.91 Å². The molecule has 2 aromatic carbocycles. The van der Waals surface area contributed by atoms with Crippen molar-refractivity contribution in [3.63, 3.8) is 0 Å². The van der Waals surface area contributed by atoms with E-state index in [-0.39, 0.29) is 5.91 Å². The summed E-state index contributed by atoms with van der Waals surface area (Å²) in [5.41, 5.74) is 4.25. The molecule has 116 valence electrons. The second-order valence-corrected chi connectivity index (χ2v) is 5.71. The first-order chi connectivity index (χ1) is 10.6. The van der Waals surface area contributed by atoms with Gasteiger partial charge in [-0.05, 0) is 30.5 Å². The topological polar surface area (TPSA) is 45.7 Å². The lowest BCUT2D eigenvalue weighted by Gasteiger charge is -2.12. The summed E-state index contributed by atoms with van der Waals surface area (Å²) in [6.07, 6.45) is 0.903. The van der Waals surface area contributed by atoms with Gasteiger partial charge in [-0.15, -0.1) is 0 Å². The molecule has 2 aromatic rings. The van der Waals surface area contributed by atoms with Crippen molar-refractivity contribution in [2.45, 2.75) is 26.8 Å². The number of hydrogen-bond donors (Lipinski definition) is 2. The standard InChI is InChI=1S/C18H21ClN2O/c1-3-14-9-6-7-13(2)18(14)21-17(22)12-20-11-15-8-4-5-10-16(15)19/h4-10,20H,3,11-12H2,1-2H3,(H,21,22)/p+1. The maximum Gasteiger partial charge on any atom is 0.279 e. The fourth-order valence-electron chi connectivity index (χ4n) is 2.42. The molecule has 0 saturated heterocycles. The Labute approximate surface area is 136 Å². The molecule has 0 saturated carbocycles. The Morgan fingerprint density at radius 3 is 2.59 bits per heavy atom. The largest absolute Gasteiger partial charge is 0.335 e. The number of halogens is 1. The normalized spacial score (nSPS) is 10.5. The van der Waals surface area contributed by atoms with Gasteiger partial charge in [0.1, 0.15) is 6.54 Å². The van der Waals surface area contributed by atoms with Crippen molar-refractivity contribution in [1.29, 1.82) is 0 Å². The average molecular weight is 318 g/mol. The molecule has 0 bridgehead atoms. The van der Waals surface area contributed by atoms with Gasteiger partial charge in [0, 0.05) is 16.3 Å². The highest BCUT2D eigenvalue weighted by molar-refractivity contribution is 6.31. The second-order valence-electron chi connectivity index (χ2n) is 5.30. The van der Waals surface area contributed by atoms with Gasteiger partial charge in [0.2, 0.25) is 0 Å². The Kier molecular flexibility index (Phi) is 5.99. The summed E-state index contributed by atoms with van der Waals surface area (Å²) in [6, 6.07) is 13.8.